The maximum absolute atomic E-state index is 5.54. The smallest absolute Gasteiger partial charge is 0.247 e. The van der Waals surface area contributed by atoms with Gasteiger partial charge in [0.05, 0.1) is 0 Å². The summed E-state index contributed by atoms with van der Waals surface area (Å²) in [5.41, 5.74) is 3.00. The molecule has 0 saturated carbocycles. The van der Waals surface area contributed by atoms with Gasteiger partial charge in [-0.15, -0.1) is 10.2 Å². The monoisotopic (exact) mass is 272 g/mol. The Labute approximate surface area is 118 Å². The Bertz CT molecular complexity index is 684. The molecule has 0 amide bonds. The molecule has 0 bridgehead atoms. The highest BCUT2D eigenvalue weighted by Crippen LogP contribution is 2.20. The van der Waals surface area contributed by atoms with Crippen molar-refractivity contribution in [3.05, 3.63) is 36.1 Å². The molecule has 3 heterocycles. The quantitative estimate of drug-likeness (QED) is 0.731. The number of pyridine rings is 1. The molecule has 3 aromatic rings. The first-order valence-electron chi connectivity index (χ1n) is 7.10. The van der Waals surface area contributed by atoms with E-state index >= 15 is 0 Å². The molecule has 0 radical (unpaired) electrons. The summed E-state index contributed by atoms with van der Waals surface area (Å²) in [6, 6.07) is 3.94. The van der Waals surface area contributed by atoms with E-state index in [9.17, 15) is 0 Å². The van der Waals surface area contributed by atoms with Crippen LogP contribution in [0.15, 0.2) is 28.9 Å². The lowest BCUT2D eigenvalue weighted by Gasteiger charge is -1.99. The molecule has 0 fully saturated rings. The first-order chi connectivity index (χ1) is 9.81. The summed E-state index contributed by atoms with van der Waals surface area (Å²) < 4.78 is 7.61. The van der Waals surface area contributed by atoms with E-state index in [-0.39, 0.29) is 0 Å². The lowest BCUT2D eigenvalue weighted by Crippen LogP contribution is -1.90. The van der Waals surface area contributed by atoms with E-state index in [1.807, 2.05) is 45.3 Å². The fourth-order valence-electron chi connectivity index (χ4n) is 1.94. The van der Waals surface area contributed by atoms with Crippen LogP contribution < -0.4 is 0 Å². The van der Waals surface area contributed by atoms with Crippen molar-refractivity contribution in [2.24, 2.45) is 0 Å². The maximum Gasteiger partial charge on any atom is 0.247 e. The molecule has 0 aliphatic rings. The van der Waals surface area contributed by atoms with E-state index in [2.05, 4.69) is 26.5 Å². The minimum atomic E-state index is 0.551. The van der Waals surface area contributed by atoms with Crippen molar-refractivity contribution in [2.45, 2.75) is 40.5 Å². The molecule has 3 rings (SSSR count). The maximum atomic E-state index is 5.54. The van der Waals surface area contributed by atoms with E-state index in [1.165, 1.54) is 5.69 Å². The van der Waals surface area contributed by atoms with Crippen molar-refractivity contribution in [1.82, 2.24) is 19.6 Å². The van der Waals surface area contributed by atoms with E-state index < -0.39 is 0 Å². The number of aryl methyl sites for hydroxylation is 2. The van der Waals surface area contributed by atoms with Gasteiger partial charge in [0.15, 0.2) is 0 Å². The first kappa shape index (κ1) is 14.2. The highest BCUT2D eigenvalue weighted by Gasteiger charge is 2.09. The van der Waals surface area contributed by atoms with Gasteiger partial charge in [-0.3, -0.25) is 0 Å². The van der Waals surface area contributed by atoms with Crippen LogP contribution in [-0.2, 0) is 12.8 Å². The zero-order valence-electron chi connectivity index (χ0n) is 12.4. The molecule has 20 heavy (non-hydrogen) atoms. The largest absolute Gasteiger partial charge is 0.421 e. The van der Waals surface area contributed by atoms with Crippen molar-refractivity contribution in [3.63, 3.8) is 0 Å². The van der Waals surface area contributed by atoms with Crippen LogP contribution in [0.4, 0.5) is 0 Å². The second-order valence-corrected chi connectivity index (χ2v) is 4.10. The average molecular weight is 272 g/mol. The molecule has 5 nitrogen and oxygen atoms in total. The lowest BCUT2D eigenvalue weighted by atomic mass is 10.2. The van der Waals surface area contributed by atoms with Crippen LogP contribution in [0.5, 0.6) is 0 Å². The minimum absolute atomic E-state index is 0.551. The molecular weight excluding hydrogens is 252 g/mol. The Morgan fingerprint density at radius 1 is 1.15 bits per heavy atom. The molecule has 0 aliphatic heterocycles. The molecule has 5 heteroatoms. The van der Waals surface area contributed by atoms with Crippen LogP contribution >= 0.6 is 0 Å². The Balaban J connectivity index is 0.000000704. The molecule has 0 aliphatic carbocycles. The number of nitrogens with zero attached hydrogens (tertiary/aromatic N) is 4. The molecule has 106 valence electrons. The van der Waals surface area contributed by atoms with Crippen LogP contribution in [0.2, 0.25) is 0 Å². The van der Waals surface area contributed by atoms with Gasteiger partial charge in [0.2, 0.25) is 11.8 Å². The zero-order valence-corrected chi connectivity index (χ0v) is 12.4. The topological polar surface area (TPSA) is 56.2 Å². The van der Waals surface area contributed by atoms with Gasteiger partial charge in [0.1, 0.15) is 5.65 Å². The third-order valence-electron chi connectivity index (χ3n) is 2.97. The fraction of sp³-hybridized carbons (Fsp3) is 0.400. The van der Waals surface area contributed by atoms with Gasteiger partial charge in [-0.2, -0.15) is 0 Å². The summed E-state index contributed by atoms with van der Waals surface area (Å²) in [5, 5.41) is 8.01. The second kappa shape index (κ2) is 6.32. The molecule has 3 aromatic heterocycles. The fourth-order valence-corrected chi connectivity index (χ4v) is 1.94. The predicted molar refractivity (Wildman–Crippen MR) is 78.6 cm³/mol. The highest BCUT2D eigenvalue weighted by molar-refractivity contribution is 5.59. The van der Waals surface area contributed by atoms with Crippen molar-refractivity contribution in [2.75, 3.05) is 0 Å². The van der Waals surface area contributed by atoms with Crippen molar-refractivity contribution in [1.29, 1.82) is 0 Å². The molecule has 0 atom stereocenters. The number of hydrogen-bond acceptors (Lipinski definition) is 4. The summed E-state index contributed by atoms with van der Waals surface area (Å²) >= 11 is 0. The summed E-state index contributed by atoms with van der Waals surface area (Å²) in [7, 11) is 0. The number of hydrogen-bond donors (Lipinski definition) is 0. The van der Waals surface area contributed by atoms with Crippen LogP contribution in [0.1, 0.15) is 39.3 Å². The number of aromatic nitrogens is 4. The van der Waals surface area contributed by atoms with Gasteiger partial charge < -0.3 is 8.82 Å². The molecule has 0 spiro atoms. The van der Waals surface area contributed by atoms with Crippen molar-refractivity contribution < 1.29 is 4.42 Å². The second-order valence-electron chi connectivity index (χ2n) is 4.10. The Morgan fingerprint density at radius 2 is 1.95 bits per heavy atom. The van der Waals surface area contributed by atoms with Crippen molar-refractivity contribution in [3.8, 4) is 11.5 Å². The van der Waals surface area contributed by atoms with Gasteiger partial charge in [-0.25, -0.2) is 4.98 Å². The van der Waals surface area contributed by atoms with E-state index in [4.69, 9.17) is 4.42 Å². The average Bonchev–Trinajstić information content (AvgIpc) is 3.15. The van der Waals surface area contributed by atoms with Crippen LogP contribution in [0.25, 0.3) is 17.1 Å². The van der Waals surface area contributed by atoms with E-state index in [0.717, 1.165) is 24.1 Å². The normalized spacial score (nSPS) is 10.4. The Kier molecular flexibility index (Phi) is 4.50. The number of fused-ring (bicyclic) bond motifs is 1. The van der Waals surface area contributed by atoms with Crippen molar-refractivity contribution >= 4 is 5.65 Å². The van der Waals surface area contributed by atoms with Crippen LogP contribution in [0, 0.1) is 0 Å². The first-order valence-corrected chi connectivity index (χ1v) is 7.10. The third kappa shape index (κ3) is 2.57. The van der Waals surface area contributed by atoms with E-state index in [0.29, 0.717) is 11.8 Å². The van der Waals surface area contributed by atoms with E-state index in [1.54, 1.807) is 0 Å². The zero-order chi connectivity index (χ0) is 14.5. The highest BCUT2D eigenvalue weighted by atomic mass is 16.4. The van der Waals surface area contributed by atoms with Gasteiger partial charge >= 0.3 is 0 Å². The molecular formula is C15H20N4O. The number of rotatable bonds is 3. The van der Waals surface area contributed by atoms with Gasteiger partial charge in [0, 0.05) is 30.1 Å². The predicted octanol–water partition coefficient (Wildman–Crippen LogP) is 3.54. The number of imidazole rings is 1. The van der Waals surface area contributed by atoms with Crippen LogP contribution in [-0.4, -0.2) is 19.6 Å². The Hall–Kier alpha value is -2.17. The van der Waals surface area contributed by atoms with Gasteiger partial charge in [-0.05, 0) is 18.6 Å². The summed E-state index contributed by atoms with van der Waals surface area (Å²) in [4.78, 5) is 4.38. The van der Waals surface area contributed by atoms with Crippen LogP contribution in [0.3, 0.4) is 0 Å². The molecule has 0 unspecified atom stereocenters. The lowest BCUT2D eigenvalue weighted by molar-refractivity contribution is 0.513. The summed E-state index contributed by atoms with van der Waals surface area (Å²) in [5.74, 6) is 1.21. The van der Waals surface area contributed by atoms with Gasteiger partial charge in [0.25, 0.3) is 0 Å². The van der Waals surface area contributed by atoms with Gasteiger partial charge in [-0.1, -0.05) is 27.7 Å². The molecule has 0 aromatic carbocycles. The SMILES string of the molecule is CC.CCc1nnc(-c2ccn3c(CC)cnc3c2)o1. The standard InChI is InChI=1S/C13H14N4O.C2H6/c1-3-10-8-14-11-7-9(5-6-17(10)11)13-16-15-12(4-2)18-13;1-2/h5-8H,3-4H2,1-2H3;1-2H3. The summed E-state index contributed by atoms with van der Waals surface area (Å²) in [6.07, 6.45) is 5.59. The summed E-state index contributed by atoms with van der Waals surface area (Å²) in [6.45, 7) is 8.10. The molecule has 0 N–H and O–H groups in total. The Morgan fingerprint density at radius 3 is 2.60 bits per heavy atom. The molecule has 0 saturated heterocycles. The third-order valence-corrected chi connectivity index (χ3v) is 2.97. The minimum Gasteiger partial charge on any atom is -0.421 e.